The topological polar surface area (TPSA) is 46.2 Å². The van der Waals surface area contributed by atoms with E-state index in [2.05, 4.69) is 0 Å². The third-order valence-corrected chi connectivity index (χ3v) is 2.09. The Morgan fingerprint density at radius 1 is 1.43 bits per heavy atom. The van der Waals surface area contributed by atoms with Crippen LogP contribution in [-0.4, -0.2) is 11.2 Å². The van der Waals surface area contributed by atoms with Crippen molar-refractivity contribution >= 4 is 12.4 Å². The van der Waals surface area contributed by atoms with E-state index in [0.29, 0.717) is 5.56 Å². The van der Waals surface area contributed by atoms with Gasteiger partial charge in [0.15, 0.2) is 0 Å². The Balaban J connectivity index is 0.00000169. The van der Waals surface area contributed by atoms with Crippen LogP contribution in [0.15, 0.2) is 18.2 Å². The normalized spacial score (nSPS) is 14.4. The Morgan fingerprint density at radius 2 is 2.00 bits per heavy atom. The van der Waals surface area contributed by atoms with Gasteiger partial charge in [0.05, 0.1) is 12.1 Å². The fourth-order valence-electron chi connectivity index (χ4n) is 1.15. The van der Waals surface area contributed by atoms with Crippen LogP contribution in [0.25, 0.3) is 0 Å². The molecule has 0 amide bonds. The molecule has 0 aromatic heterocycles. The number of benzene rings is 1. The van der Waals surface area contributed by atoms with Crippen LogP contribution < -0.4 is 5.73 Å². The van der Waals surface area contributed by atoms with E-state index in [4.69, 9.17) is 5.73 Å². The predicted octanol–water partition coefficient (Wildman–Crippen LogP) is 1.94. The van der Waals surface area contributed by atoms with Crippen molar-refractivity contribution in [3.63, 3.8) is 0 Å². The largest absolute Gasteiger partial charge is 0.391 e. The summed E-state index contributed by atoms with van der Waals surface area (Å²) in [6, 6.07) is 4.18. The summed E-state index contributed by atoms with van der Waals surface area (Å²) in [5.74, 6) is -0.249. The number of rotatable bonds is 2. The van der Waals surface area contributed by atoms with Crippen molar-refractivity contribution in [2.75, 3.05) is 0 Å². The van der Waals surface area contributed by atoms with Crippen LogP contribution >= 0.6 is 12.4 Å². The molecule has 0 fully saturated rings. The Kier molecular flexibility index (Phi) is 5.05. The molecule has 1 rings (SSSR count). The zero-order valence-corrected chi connectivity index (χ0v) is 9.01. The first-order valence-electron chi connectivity index (χ1n) is 4.22. The molecule has 0 heterocycles. The molecule has 2 nitrogen and oxygen atoms in total. The monoisotopic (exact) mass is 219 g/mol. The van der Waals surface area contributed by atoms with Crippen molar-refractivity contribution < 1.29 is 9.50 Å². The zero-order chi connectivity index (χ0) is 10.0. The lowest BCUT2D eigenvalue weighted by atomic mass is 10.0. The highest BCUT2D eigenvalue weighted by Crippen LogP contribution is 2.17. The molecule has 0 bridgehead atoms. The van der Waals surface area contributed by atoms with Gasteiger partial charge in [-0.2, -0.15) is 0 Å². The number of nitrogens with two attached hydrogens (primary N) is 1. The van der Waals surface area contributed by atoms with Crippen LogP contribution in [0.5, 0.6) is 0 Å². The van der Waals surface area contributed by atoms with E-state index < -0.39 is 12.1 Å². The molecule has 0 saturated carbocycles. The van der Waals surface area contributed by atoms with Crippen LogP contribution in [0.2, 0.25) is 0 Å². The van der Waals surface area contributed by atoms with Gasteiger partial charge in [-0.15, -0.1) is 12.4 Å². The van der Waals surface area contributed by atoms with Gasteiger partial charge < -0.3 is 10.8 Å². The average Bonchev–Trinajstić information content (AvgIpc) is 2.08. The lowest BCUT2D eigenvalue weighted by molar-refractivity contribution is 0.164. The fraction of sp³-hybridized carbons (Fsp3) is 0.400. The summed E-state index contributed by atoms with van der Waals surface area (Å²) in [6.45, 7) is 3.29. The van der Waals surface area contributed by atoms with Crippen molar-refractivity contribution in [2.24, 2.45) is 5.73 Å². The number of hydrogen-bond acceptors (Lipinski definition) is 2. The number of halogens is 2. The van der Waals surface area contributed by atoms with Gasteiger partial charge in [0.1, 0.15) is 5.82 Å². The summed E-state index contributed by atoms with van der Waals surface area (Å²) in [7, 11) is 0. The highest BCUT2D eigenvalue weighted by Gasteiger charge is 2.12. The lowest BCUT2D eigenvalue weighted by Gasteiger charge is -2.15. The van der Waals surface area contributed by atoms with Crippen molar-refractivity contribution in [3.05, 3.63) is 35.1 Å². The summed E-state index contributed by atoms with van der Waals surface area (Å²) in [4.78, 5) is 0. The first-order chi connectivity index (χ1) is 6.02. The summed E-state index contributed by atoms with van der Waals surface area (Å²) >= 11 is 0. The van der Waals surface area contributed by atoms with Crippen LogP contribution in [0.1, 0.15) is 24.1 Å². The van der Waals surface area contributed by atoms with Gasteiger partial charge in [-0.25, -0.2) is 4.39 Å². The molecule has 1 aromatic carbocycles. The summed E-state index contributed by atoms with van der Waals surface area (Å²) in [5, 5.41) is 9.22. The van der Waals surface area contributed by atoms with Gasteiger partial charge in [0.25, 0.3) is 0 Å². The van der Waals surface area contributed by atoms with E-state index in [0.717, 1.165) is 5.56 Å². The van der Waals surface area contributed by atoms with Gasteiger partial charge in [-0.1, -0.05) is 12.1 Å². The van der Waals surface area contributed by atoms with Crippen LogP contribution in [-0.2, 0) is 0 Å². The Hall–Kier alpha value is -0.640. The van der Waals surface area contributed by atoms with E-state index in [9.17, 15) is 9.50 Å². The lowest BCUT2D eigenvalue weighted by Crippen LogP contribution is -2.23. The van der Waals surface area contributed by atoms with Crippen molar-refractivity contribution in [1.82, 2.24) is 0 Å². The highest BCUT2D eigenvalue weighted by molar-refractivity contribution is 5.85. The summed E-state index contributed by atoms with van der Waals surface area (Å²) in [6.07, 6.45) is -0.620. The maximum atomic E-state index is 12.9. The Bertz CT molecular complexity index is 304. The second-order valence-electron chi connectivity index (χ2n) is 3.28. The SMILES string of the molecule is Cc1cc([C@H](N)[C@@H](C)O)ccc1F.Cl. The molecule has 0 aliphatic heterocycles. The van der Waals surface area contributed by atoms with E-state index >= 15 is 0 Å². The van der Waals surface area contributed by atoms with E-state index in [1.54, 1.807) is 26.0 Å². The highest BCUT2D eigenvalue weighted by atomic mass is 35.5. The maximum absolute atomic E-state index is 12.9. The third kappa shape index (κ3) is 2.94. The van der Waals surface area contributed by atoms with Crippen LogP contribution in [0, 0.1) is 12.7 Å². The minimum atomic E-state index is -0.620. The smallest absolute Gasteiger partial charge is 0.126 e. The van der Waals surface area contributed by atoms with Crippen LogP contribution in [0.3, 0.4) is 0 Å². The zero-order valence-electron chi connectivity index (χ0n) is 8.20. The van der Waals surface area contributed by atoms with E-state index in [1.807, 2.05) is 0 Å². The van der Waals surface area contributed by atoms with Gasteiger partial charge in [0.2, 0.25) is 0 Å². The van der Waals surface area contributed by atoms with Gasteiger partial charge in [-0.05, 0) is 31.0 Å². The minimum Gasteiger partial charge on any atom is -0.391 e. The molecule has 0 aliphatic rings. The molecular formula is C10H15ClFNO. The molecule has 80 valence electrons. The average molecular weight is 220 g/mol. The van der Waals surface area contributed by atoms with Crippen molar-refractivity contribution in [1.29, 1.82) is 0 Å². The standard InChI is InChI=1S/C10H14FNO.ClH/c1-6-5-8(3-4-9(6)11)10(12)7(2)13;/h3-5,7,10,13H,12H2,1-2H3;1H/t7-,10-;/m1./s1. The maximum Gasteiger partial charge on any atom is 0.126 e. The molecule has 0 unspecified atom stereocenters. The molecule has 3 N–H and O–H groups in total. The van der Waals surface area contributed by atoms with E-state index in [1.165, 1.54) is 6.07 Å². The molecular weight excluding hydrogens is 205 g/mol. The Morgan fingerprint density at radius 3 is 2.43 bits per heavy atom. The van der Waals surface area contributed by atoms with Gasteiger partial charge >= 0.3 is 0 Å². The van der Waals surface area contributed by atoms with Crippen LogP contribution in [0.4, 0.5) is 4.39 Å². The second-order valence-corrected chi connectivity index (χ2v) is 3.28. The van der Waals surface area contributed by atoms with Crippen molar-refractivity contribution in [2.45, 2.75) is 26.0 Å². The molecule has 1 aromatic rings. The Labute approximate surface area is 89.3 Å². The predicted molar refractivity (Wildman–Crippen MR) is 57.0 cm³/mol. The molecule has 0 aliphatic carbocycles. The number of hydrogen-bond donors (Lipinski definition) is 2. The molecule has 4 heteroatoms. The minimum absolute atomic E-state index is 0. The molecule has 14 heavy (non-hydrogen) atoms. The first-order valence-corrected chi connectivity index (χ1v) is 4.22. The summed E-state index contributed by atoms with van der Waals surface area (Å²) in [5.41, 5.74) is 6.99. The second kappa shape index (κ2) is 5.29. The summed E-state index contributed by atoms with van der Waals surface area (Å²) < 4.78 is 12.9. The molecule has 0 saturated heterocycles. The number of aliphatic hydroxyl groups is 1. The molecule has 0 radical (unpaired) electrons. The number of aryl methyl sites for hydroxylation is 1. The third-order valence-electron chi connectivity index (χ3n) is 2.09. The van der Waals surface area contributed by atoms with Gasteiger partial charge in [0, 0.05) is 0 Å². The van der Waals surface area contributed by atoms with Crippen molar-refractivity contribution in [3.8, 4) is 0 Å². The van der Waals surface area contributed by atoms with E-state index in [-0.39, 0.29) is 18.2 Å². The first kappa shape index (κ1) is 13.4. The molecule has 0 spiro atoms. The fourth-order valence-corrected chi connectivity index (χ4v) is 1.15. The number of aliphatic hydroxyl groups excluding tert-OH is 1. The van der Waals surface area contributed by atoms with Gasteiger partial charge in [-0.3, -0.25) is 0 Å². The quantitative estimate of drug-likeness (QED) is 0.799. The molecule has 2 atom stereocenters.